The zero-order chi connectivity index (χ0) is 34.3. The van der Waals surface area contributed by atoms with Crippen molar-refractivity contribution in [1.82, 2.24) is 4.90 Å². The first-order chi connectivity index (χ1) is 24.0. The van der Waals surface area contributed by atoms with Gasteiger partial charge in [0, 0.05) is 33.8 Å². The highest BCUT2D eigenvalue weighted by Gasteiger charge is 2.34. The van der Waals surface area contributed by atoms with Crippen LogP contribution < -0.4 is 4.74 Å². The van der Waals surface area contributed by atoms with Gasteiger partial charge in [0.05, 0.1) is 18.8 Å². The van der Waals surface area contributed by atoms with Crippen molar-refractivity contribution in [2.45, 2.75) is 111 Å². The number of amides is 2. The van der Waals surface area contributed by atoms with Gasteiger partial charge in [-0.2, -0.15) is 0 Å². The van der Waals surface area contributed by atoms with Crippen LogP contribution in [-0.2, 0) is 4.74 Å². The molecule has 258 valence electrons. The van der Waals surface area contributed by atoms with Crippen LogP contribution in [-0.4, -0.2) is 42.4 Å². The van der Waals surface area contributed by atoms with E-state index in [0.717, 1.165) is 88.0 Å². The van der Waals surface area contributed by atoms with E-state index >= 15 is 0 Å². The maximum Gasteiger partial charge on any atom is 0.338 e. The Morgan fingerprint density at radius 1 is 0.531 bits per heavy atom. The molecule has 0 aromatic heterocycles. The molecule has 5 aromatic rings. The van der Waals surface area contributed by atoms with Gasteiger partial charge in [-0.05, 0) is 70.5 Å². The molecular formula is C43H51NO5. The maximum absolute atomic E-state index is 13.9. The molecule has 6 nitrogen and oxygen atoms in total. The summed E-state index contributed by atoms with van der Waals surface area (Å²) in [4.78, 5) is 42.7. The smallest absolute Gasteiger partial charge is 0.338 e. The van der Waals surface area contributed by atoms with Gasteiger partial charge in [0.25, 0.3) is 11.8 Å². The second-order valence-corrected chi connectivity index (χ2v) is 13.7. The van der Waals surface area contributed by atoms with Crippen LogP contribution >= 0.6 is 0 Å². The summed E-state index contributed by atoms with van der Waals surface area (Å²) in [6, 6.07) is 15.6. The molecule has 0 saturated heterocycles. The fourth-order valence-corrected chi connectivity index (χ4v) is 7.56. The van der Waals surface area contributed by atoms with E-state index in [-0.39, 0.29) is 17.8 Å². The molecule has 0 atom stereocenters. The first-order valence-corrected chi connectivity index (χ1v) is 18.9. The first-order valence-electron chi connectivity index (χ1n) is 18.9. The van der Waals surface area contributed by atoms with E-state index in [9.17, 15) is 14.4 Å². The average Bonchev–Trinajstić information content (AvgIpc) is 3.12. The predicted octanol–water partition coefficient (Wildman–Crippen LogP) is 11.4. The van der Waals surface area contributed by atoms with Crippen molar-refractivity contribution in [2.75, 3.05) is 19.8 Å². The van der Waals surface area contributed by atoms with E-state index < -0.39 is 0 Å². The van der Waals surface area contributed by atoms with Gasteiger partial charge in [0.1, 0.15) is 5.75 Å². The Labute approximate surface area is 290 Å². The SMILES string of the molecule is CCCCCCCCCCCCN1C(=O)c2ccc3c4ccc(OCCCC)c5c(C(=O)OCCCC)ccc(c6ccc(c2c36)C1=O)c54. The van der Waals surface area contributed by atoms with E-state index in [1.165, 1.54) is 49.8 Å². The fourth-order valence-electron chi connectivity index (χ4n) is 7.56. The molecule has 0 N–H and O–H groups in total. The summed E-state index contributed by atoms with van der Waals surface area (Å²) in [5.74, 6) is -0.110. The summed E-state index contributed by atoms with van der Waals surface area (Å²) in [5.41, 5.74) is 1.65. The van der Waals surface area contributed by atoms with Crippen LogP contribution in [0.15, 0.2) is 48.5 Å². The summed E-state index contributed by atoms with van der Waals surface area (Å²) < 4.78 is 12.0. The van der Waals surface area contributed by atoms with Crippen LogP contribution in [0.2, 0.25) is 0 Å². The number of carbonyl (C=O) groups is 3. The van der Waals surface area contributed by atoms with E-state index in [1.54, 1.807) is 0 Å². The Morgan fingerprint density at radius 3 is 1.61 bits per heavy atom. The van der Waals surface area contributed by atoms with Crippen molar-refractivity contribution >= 4 is 60.9 Å². The maximum atomic E-state index is 13.9. The molecule has 0 saturated carbocycles. The number of hydrogen-bond acceptors (Lipinski definition) is 5. The number of esters is 1. The first kappa shape index (κ1) is 34.7. The van der Waals surface area contributed by atoms with Gasteiger partial charge in [-0.1, -0.05) is 116 Å². The number of nitrogens with zero attached hydrogens (tertiary/aromatic N) is 1. The minimum Gasteiger partial charge on any atom is -0.493 e. The van der Waals surface area contributed by atoms with Crippen molar-refractivity contribution in [1.29, 1.82) is 0 Å². The Balaban J connectivity index is 1.34. The molecule has 49 heavy (non-hydrogen) atoms. The van der Waals surface area contributed by atoms with Gasteiger partial charge in [-0.25, -0.2) is 4.79 Å². The van der Waals surface area contributed by atoms with Gasteiger partial charge in [-0.15, -0.1) is 0 Å². The lowest BCUT2D eigenvalue weighted by atomic mass is 9.84. The lowest BCUT2D eigenvalue weighted by Crippen LogP contribution is -2.40. The normalized spacial score (nSPS) is 13.1. The quantitative estimate of drug-likeness (QED) is 0.0289. The molecule has 6 rings (SSSR count). The van der Waals surface area contributed by atoms with Crippen LogP contribution in [0.3, 0.4) is 0 Å². The second kappa shape index (κ2) is 16.0. The molecule has 0 spiro atoms. The number of unbranched alkanes of at least 4 members (excludes halogenated alkanes) is 11. The molecule has 6 heteroatoms. The van der Waals surface area contributed by atoms with E-state index in [4.69, 9.17) is 9.47 Å². The minimum absolute atomic E-state index is 0.210. The molecular weight excluding hydrogens is 610 g/mol. The third kappa shape index (κ3) is 6.84. The Bertz CT molecular complexity index is 1890. The molecule has 0 bridgehead atoms. The van der Waals surface area contributed by atoms with Gasteiger partial charge >= 0.3 is 5.97 Å². The van der Waals surface area contributed by atoms with Gasteiger partial charge in [-0.3, -0.25) is 14.5 Å². The molecule has 1 aliphatic rings. The van der Waals surface area contributed by atoms with E-state index in [2.05, 4.69) is 26.8 Å². The number of carbonyl (C=O) groups excluding carboxylic acids is 3. The van der Waals surface area contributed by atoms with Crippen LogP contribution in [0.25, 0.3) is 43.1 Å². The summed E-state index contributed by atoms with van der Waals surface area (Å²) >= 11 is 0. The average molecular weight is 662 g/mol. The largest absolute Gasteiger partial charge is 0.493 e. The van der Waals surface area contributed by atoms with Gasteiger partial charge in [0.15, 0.2) is 0 Å². The van der Waals surface area contributed by atoms with Crippen molar-refractivity contribution in [3.63, 3.8) is 0 Å². The molecule has 1 aliphatic heterocycles. The number of rotatable bonds is 19. The van der Waals surface area contributed by atoms with Crippen molar-refractivity contribution in [3.05, 3.63) is 65.2 Å². The van der Waals surface area contributed by atoms with Crippen LogP contribution in [0.1, 0.15) is 142 Å². The lowest BCUT2D eigenvalue weighted by Gasteiger charge is -2.28. The van der Waals surface area contributed by atoms with Crippen LogP contribution in [0.4, 0.5) is 0 Å². The second-order valence-electron chi connectivity index (χ2n) is 13.7. The molecule has 2 amide bonds. The van der Waals surface area contributed by atoms with E-state index in [1.807, 2.05) is 42.5 Å². The fraction of sp³-hybridized carbons (Fsp3) is 0.465. The van der Waals surface area contributed by atoms with E-state index in [0.29, 0.717) is 42.2 Å². The number of ether oxygens (including phenoxy) is 2. The molecule has 0 radical (unpaired) electrons. The molecule has 0 aliphatic carbocycles. The minimum atomic E-state index is -0.354. The Hall–Kier alpha value is -4.19. The predicted molar refractivity (Wildman–Crippen MR) is 200 cm³/mol. The van der Waals surface area contributed by atoms with Gasteiger partial charge < -0.3 is 9.47 Å². The number of fused-ring (bicyclic) bond motifs is 2. The summed E-state index contributed by atoms with van der Waals surface area (Å²) in [7, 11) is 0. The highest BCUT2D eigenvalue weighted by molar-refractivity contribution is 6.39. The monoisotopic (exact) mass is 661 g/mol. The topological polar surface area (TPSA) is 72.9 Å². The molecule has 0 fully saturated rings. The molecule has 0 unspecified atom stereocenters. The number of hydrogen-bond donors (Lipinski definition) is 0. The van der Waals surface area contributed by atoms with Crippen LogP contribution in [0, 0.1) is 0 Å². The Kier molecular flexibility index (Phi) is 11.3. The lowest BCUT2D eigenvalue weighted by molar-refractivity contribution is 0.0500. The molecule has 5 aromatic carbocycles. The standard InChI is InChI=1S/C43H51NO5/c1-4-7-10-11-12-13-14-15-16-17-26-44-41(45)33-21-18-29-31-20-23-35(43(47)49-28-9-6-3)40-36(48-27-8-5-2)25-24-32(38(31)40)30-19-22-34(42(44)46)39(33)37(29)30/h18-25H,4-17,26-28H2,1-3H3. The zero-order valence-corrected chi connectivity index (χ0v) is 29.6. The zero-order valence-electron chi connectivity index (χ0n) is 29.6. The number of imide groups is 1. The van der Waals surface area contributed by atoms with Crippen LogP contribution in [0.5, 0.6) is 5.75 Å². The summed E-state index contributed by atoms with van der Waals surface area (Å²) in [5, 5.41) is 7.16. The summed E-state index contributed by atoms with van der Waals surface area (Å²) in [6.07, 6.45) is 15.7. The Morgan fingerprint density at radius 2 is 1.02 bits per heavy atom. The van der Waals surface area contributed by atoms with Crippen molar-refractivity contribution in [3.8, 4) is 5.75 Å². The van der Waals surface area contributed by atoms with Crippen molar-refractivity contribution < 1.29 is 23.9 Å². The third-order valence-corrected chi connectivity index (χ3v) is 10.3. The number of benzene rings is 5. The third-order valence-electron chi connectivity index (χ3n) is 10.3. The highest BCUT2D eigenvalue weighted by atomic mass is 16.5. The van der Waals surface area contributed by atoms with Crippen molar-refractivity contribution in [2.24, 2.45) is 0 Å². The van der Waals surface area contributed by atoms with Gasteiger partial charge in [0.2, 0.25) is 0 Å². The molecule has 1 heterocycles. The summed E-state index contributed by atoms with van der Waals surface area (Å²) in [6.45, 7) is 7.81. The highest BCUT2D eigenvalue weighted by Crippen LogP contribution is 2.46.